The van der Waals surface area contributed by atoms with Crippen molar-refractivity contribution in [1.29, 1.82) is 0 Å². The van der Waals surface area contributed by atoms with E-state index in [4.69, 9.17) is 0 Å². The Morgan fingerprint density at radius 2 is 1.67 bits per heavy atom. The molecule has 2 aromatic carbocycles. The minimum atomic E-state index is -4.20. The lowest BCUT2D eigenvalue weighted by Crippen LogP contribution is -2.57. The maximum absolute atomic E-state index is 13.6. The van der Waals surface area contributed by atoms with Crippen LogP contribution in [0.4, 0.5) is 5.69 Å². The molecule has 1 saturated heterocycles. The second-order valence-corrected chi connectivity index (χ2v) is 10.8. The zero-order chi connectivity index (χ0) is 25.7. The van der Waals surface area contributed by atoms with Crippen molar-refractivity contribution in [3.63, 3.8) is 0 Å². The molecule has 4 rings (SSSR count). The van der Waals surface area contributed by atoms with Crippen LogP contribution < -0.4 is 4.72 Å². The van der Waals surface area contributed by atoms with Crippen molar-refractivity contribution in [2.45, 2.75) is 55.5 Å². The third kappa shape index (κ3) is 5.57. The maximum Gasteiger partial charge on any atom is 0.289 e. The van der Waals surface area contributed by atoms with Gasteiger partial charge in [0.1, 0.15) is 6.04 Å². The molecule has 2 amide bonds. The summed E-state index contributed by atoms with van der Waals surface area (Å²) in [5.74, 6) is -0.459. The van der Waals surface area contributed by atoms with Crippen LogP contribution >= 0.6 is 0 Å². The second-order valence-electron chi connectivity index (χ2n) is 9.10. The van der Waals surface area contributed by atoms with Crippen LogP contribution in [0.5, 0.6) is 0 Å². The van der Waals surface area contributed by atoms with Gasteiger partial charge in [0.2, 0.25) is 21.8 Å². The molecule has 1 atom stereocenters. The lowest BCUT2D eigenvalue weighted by atomic mass is 9.91. The number of piperazine rings is 1. The third-order valence-corrected chi connectivity index (χ3v) is 8.35. The van der Waals surface area contributed by atoms with E-state index in [1.165, 1.54) is 23.5 Å². The summed E-state index contributed by atoms with van der Waals surface area (Å²) in [4.78, 5) is 40.3. The molecule has 11 heteroatoms. The number of carbonyl (C=O) groups is 2. The van der Waals surface area contributed by atoms with Gasteiger partial charge in [0.25, 0.3) is 5.69 Å². The number of sulfonamides is 1. The molecule has 1 saturated carbocycles. The van der Waals surface area contributed by atoms with E-state index in [0.29, 0.717) is 13.1 Å². The van der Waals surface area contributed by atoms with E-state index in [-0.39, 0.29) is 30.8 Å². The summed E-state index contributed by atoms with van der Waals surface area (Å²) < 4.78 is 27.6. The fourth-order valence-electron chi connectivity index (χ4n) is 5.08. The van der Waals surface area contributed by atoms with Crippen molar-refractivity contribution in [3.05, 3.63) is 70.3 Å². The van der Waals surface area contributed by atoms with Gasteiger partial charge in [0.05, 0.1) is 4.92 Å². The molecule has 1 aliphatic heterocycles. The van der Waals surface area contributed by atoms with Gasteiger partial charge >= 0.3 is 0 Å². The van der Waals surface area contributed by atoms with Gasteiger partial charge in [0, 0.05) is 38.2 Å². The zero-order valence-electron chi connectivity index (χ0n) is 19.9. The number of rotatable bonds is 8. The van der Waals surface area contributed by atoms with Gasteiger partial charge in [0.15, 0.2) is 4.90 Å². The fourth-order valence-corrected chi connectivity index (χ4v) is 6.28. The molecule has 1 unspecified atom stereocenters. The fraction of sp³-hybridized carbons (Fsp3) is 0.440. The van der Waals surface area contributed by atoms with Crippen molar-refractivity contribution in [2.24, 2.45) is 0 Å². The third-order valence-electron chi connectivity index (χ3n) is 6.84. The number of para-hydroxylation sites is 1. The monoisotopic (exact) mass is 514 g/mol. The lowest BCUT2D eigenvalue weighted by Gasteiger charge is -2.45. The number of nitro benzene ring substituents is 1. The molecule has 1 aliphatic carbocycles. The van der Waals surface area contributed by atoms with Crippen LogP contribution in [0.1, 0.15) is 50.1 Å². The van der Waals surface area contributed by atoms with Crippen LogP contribution in [-0.2, 0) is 19.6 Å². The molecule has 0 bridgehead atoms. The summed E-state index contributed by atoms with van der Waals surface area (Å²) in [6, 6.07) is 13.6. The molecule has 1 N–H and O–H groups in total. The van der Waals surface area contributed by atoms with Crippen molar-refractivity contribution in [3.8, 4) is 0 Å². The van der Waals surface area contributed by atoms with Crippen molar-refractivity contribution in [2.75, 3.05) is 19.6 Å². The van der Waals surface area contributed by atoms with Gasteiger partial charge in [-0.3, -0.25) is 19.7 Å². The Hall–Kier alpha value is -3.31. The average Bonchev–Trinajstić information content (AvgIpc) is 2.89. The molecule has 2 aromatic rings. The van der Waals surface area contributed by atoms with Crippen molar-refractivity contribution < 1.29 is 22.9 Å². The highest BCUT2D eigenvalue weighted by molar-refractivity contribution is 7.89. The van der Waals surface area contributed by atoms with E-state index in [9.17, 15) is 28.1 Å². The van der Waals surface area contributed by atoms with Crippen molar-refractivity contribution >= 4 is 27.5 Å². The Morgan fingerprint density at radius 1 is 1.00 bits per heavy atom. The summed E-state index contributed by atoms with van der Waals surface area (Å²) >= 11 is 0. The largest absolute Gasteiger partial charge is 0.336 e. The maximum atomic E-state index is 13.6. The van der Waals surface area contributed by atoms with E-state index in [1.807, 2.05) is 35.2 Å². The predicted molar refractivity (Wildman–Crippen MR) is 132 cm³/mol. The highest BCUT2D eigenvalue weighted by Crippen LogP contribution is 2.32. The number of nitro groups is 1. The lowest BCUT2D eigenvalue weighted by molar-refractivity contribution is -0.387. The first-order valence-corrected chi connectivity index (χ1v) is 13.7. The van der Waals surface area contributed by atoms with Crippen LogP contribution in [0.15, 0.2) is 59.5 Å². The highest BCUT2D eigenvalue weighted by atomic mass is 32.2. The number of amides is 2. The Balaban J connectivity index is 1.47. The Morgan fingerprint density at radius 3 is 2.36 bits per heavy atom. The van der Waals surface area contributed by atoms with Gasteiger partial charge in [-0.05, 0) is 24.5 Å². The Kier molecular flexibility index (Phi) is 8.00. The zero-order valence-corrected chi connectivity index (χ0v) is 20.7. The molecule has 36 heavy (non-hydrogen) atoms. The number of benzene rings is 2. The van der Waals surface area contributed by atoms with Gasteiger partial charge in [-0.1, -0.05) is 61.7 Å². The topological polar surface area (TPSA) is 130 Å². The van der Waals surface area contributed by atoms with Gasteiger partial charge < -0.3 is 9.80 Å². The average molecular weight is 515 g/mol. The van der Waals surface area contributed by atoms with Gasteiger partial charge in [-0.15, -0.1) is 0 Å². The molecule has 2 fully saturated rings. The number of hydrogen-bond acceptors (Lipinski definition) is 6. The molecule has 1 heterocycles. The molecule has 0 spiro atoms. The standard InChI is InChI=1S/C25H30N4O6S/c30-23(15-16-26-36(34,35)22-14-8-7-13-21(22)29(32)33)28-18-17-27(20-11-5-2-6-12-20)25(31)24(28)19-9-3-1-4-10-19/h1,3-4,7-10,13-14,20,24,26H,2,5-6,11-12,15-18H2. The van der Waals surface area contributed by atoms with E-state index < -0.39 is 31.6 Å². The first-order chi connectivity index (χ1) is 17.3. The van der Waals surface area contributed by atoms with Crippen LogP contribution in [0, 0.1) is 10.1 Å². The van der Waals surface area contributed by atoms with E-state index in [2.05, 4.69) is 4.72 Å². The summed E-state index contributed by atoms with van der Waals surface area (Å²) in [5, 5.41) is 11.2. The number of hydrogen-bond donors (Lipinski definition) is 1. The highest BCUT2D eigenvalue weighted by Gasteiger charge is 2.41. The molecular formula is C25H30N4O6S. The van der Waals surface area contributed by atoms with E-state index in [1.54, 1.807) is 0 Å². The molecule has 192 valence electrons. The van der Waals surface area contributed by atoms with Gasteiger partial charge in [-0.2, -0.15) is 0 Å². The molecule has 0 radical (unpaired) electrons. The predicted octanol–water partition coefficient (Wildman–Crippen LogP) is 3.01. The second kappa shape index (κ2) is 11.2. The minimum Gasteiger partial charge on any atom is -0.336 e. The Labute approximate surface area is 210 Å². The Bertz CT molecular complexity index is 1210. The van der Waals surface area contributed by atoms with Gasteiger partial charge in [-0.25, -0.2) is 13.1 Å². The van der Waals surface area contributed by atoms with Crippen LogP contribution in [-0.4, -0.2) is 60.6 Å². The summed E-state index contributed by atoms with van der Waals surface area (Å²) in [7, 11) is -4.20. The molecule has 2 aliphatic rings. The first kappa shape index (κ1) is 25.8. The summed E-state index contributed by atoms with van der Waals surface area (Å²) in [6.07, 6.45) is 5.11. The summed E-state index contributed by atoms with van der Waals surface area (Å²) in [6.45, 7) is 0.559. The first-order valence-electron chi connectivity index (χ1n) is 12.2. The minimum absolute atomic E-state index is 0.104. The SMILES string of the molecule is O=C1C(c2ccccc2)N(C(=O)CCNS(=O)(=O)c2ccccc2[N+](=O)[O-])CCN1C1CCCCC1. The van der Waals surface area contributed by atoms with E-state index >= 15 is 0 Å². The van der Waals surface area contributed by atoms with Crippen LogP contribution in [0.3, 0.4) is 0 Å². The van der Waals surface area contributed by atoms with Crippen LogP contribution in [0.2, 0.25) is 0 Å². The molecule has 10 nitrogen and oxygen atoms in total. The van der Waals surface area contributed by atoms with E-state index in [0.717, 1.165) is 43.4 Å². The number of nitrogens with zero attached hydrogens (tertiary/aromatic N) is 3. The number of carbonyl (C=O) groups excluding carboxylic acids is 2. The molecular weight excluding hydrogens is 484 g/mol. The molecule has 0 aromatic heterocycles. The smallest absolute Gasteiger partial charge is 0.289 e. The quantitative estimate of drug-likeness (QED) is 0.426. The summed E-state index contributed by atoms with van der Waals surface area (Å²) in [5.41, 5.74) is 0.182. The number of nitrogens with one attached hydrogen (secondary N) is 1. The normalized spacial score (nSPS) is 19.3. The van der Waals surface area contributed by atoms with Crippen LogP contribution in [0.25, 0.3) is 0 Å². The van der Waals surface area contributed by atoms with Crippen molar-refractivity contribution in [1.82, 2.24) is 14.5 Å².